The van der Waals surface area contributed by atoms with Crippen molar-refractivity contribution < 1.29 is 38.4 Å². The molecule has 5 amide bonds. The van der Waals surface area contributed by atoms with Gasteiger partial charge in [-0.1, -0.05) is 61.4 Å². The number of carbonyl (C=O) groups excluding carboxylic acids is 8. The highest BCUT2D eigenvalue weighted by Gasteiger charge is 2.35. The number of benzene rings is 2. The van der Waals surface area contributed by atoms with Crippen molar-refractivity contribution in [2.75, 3.05) is 13.1 Å². The number of nitrogens with two attached hydrogens (primary N) is 3. The minimum absolute atomic E-state index is 0.00750. The molecular formula is C51H67N11O8. The minimum atomic E-state index is -1.27. The summed E-state index contributed by atoms with van der Waals surface area (Å²) in [5.74, 6) is -7.07. The Balaban J connectivity index is 1.32. The summed E-state index contributed by atoms with van der Waals surface area (Å²) in [6.45, 7) is 0.110. The summed E-state index contributed by atoms with van der Waals surface area (Å²) in [5, 5.41) is 12.2. The van der Waals surface area contributed by atoms with E-state index < -0.39 is 76.9 Å². The van der Waals surface area contributed by atoms with Crippen molar-refractivity contribution in [3.8, 4) is 0 Å². The fraction of sp³-hybridized carbons (Fsp3) is 0.490. The standard InChI is InChI=1S/C51H67N11O8/c52-48(68)35(23-36-28-58-39-15-7-6-14-38(36)39)26-44(64)34-18-20-56-46(66)17-16-40(60-47(67)22-32-11-4-5-12-32)49(69)62-42(27-37-29-55-30-59-37)50(70)61-41(21-31-9-2-1-3-10-31)45(65)25-33(43(63)24-34)13-8-19-57-51(53)54/h1-3,6-7,9-10,14-15,28-30,32-35,40-42,58H,4-5,8,11-13,16-27H2,(H2,52,68)(H,55,59)(H,56,66)(H,60,67)(H,61,70)(H,62,69)(H4,53,54,57)/t33-,34-,35-,40+,41-,42+/m1/s1. The second-order valence-corrected chi connectivity index (χ2v) is 18.8. The van der Waals surface area contributed by atoms with E-state index >= 15 is 0 Å². The van der Waals surface area contributed by atoms with Gasteiger partial charge in [-0.3, -0.25) is 43.3 Å². The molecule has 2 aromatic heterocycles. The molecule has 6 rings (SSSR count). The fourth-order valence-corrected chi connectivity index (χ4v) is 9.56. The number of para-hydroxylation sites is 1. The van der Waals surface area contributed by atoms with Crippen molar-refractivity contribution in [2.45, 2.75) is 121 Å². The van der Waals surface area contributed by atoms with Crippen molar-refractivity contribution in [3.63, 3.8) is 0 Å². The van der Waals surface area contributed by atoms with E-state index in [1.165, 1.54) is 12.5 Å². The summed E-state index contributed by atoms with van der Waals surface area (Å²) in [6, 6.07) is 12.9. The summed E-state index contributed by atoms with van der Waals surface area (Å²) >= 11 is 0. The van der Waals surface area contributed by atoms with Gasteiger partial charge in [0.15, 0.2) is 11.7 Å². The maximum Gasteiger partial charge on any atom is 0.243 e. The molecule has 0 bridgehead atoms. The Morgan fingerprint density at radius 3 is 2.29 bits per heavy atom. The number of guanidine groups is 1. The second kappa shape index (κ2) is 26.0. The Morgan fingerprint density at radius 2 is 1.56 bits per heavy atom. The van der Waals surface area contributed by atoms with Crippen LogP contribution < -0.4 is 38.5 Å². The first-order valence-corrected chi connectivity index (χ1v) is 24.4. The number of nitrogens with one attached hydrogen (secondary N) is 6. The van der Waals surface area contributed by atoms with Gasteiger partial charge in [0.1, 0.15) is 23.7 Å². The van der Waals surface area contributed by atoms with Crippen molar-refractivity contribution in [1.29, 1.82) is 0 Å². The van der Waals surface area contributed by atoms with Crippen molar-refractivity contribution in [1.82, 2.24) is 36.2 Å². The Morgan fingerprint density at radius 1 is 0.814 bits per heavy atom. The maximum absolute atomic E-state index is 14.7. The van der Waals surface area contributed by atoms with Gasteiger partial charge in [-0.25, -0.2) is 4.98 Å². The van der Waals surface area contributed by atoms with Gasteiger partial charge in [0.2, 0.25) is 29.5 Å². The number of amides is 5. The Hall–Kier alpha value is -7.18. The topological polar surface area (TPSA) is 320 Å². The Kier molecular flexibility index (Phi) is 19.4. The summed E-state index contributed by atoms with van der Waals surface area (Å²) in [4.78, 5) is 127. The first kappa shape index (κ1) is 52.2. The van der Waals surface area contributed by atoms with Crippen LogP contribution in [0.5, 0.6) is 0 Å². The molecule has 0 unspecified atom stereocenters. The SMILES string of the molecule is NC(=O)[C@@H](CC(=O)[C@@H]1CCNC(=O)CC[C@H](NC(=O)CC2CCCC2)C(=O)N[C@@H](Cc2cnc[nH]2)C(=O)N[C@H](Cc2ccccc2)C(=O)C[C@@H](CCCN=C(N)N)C(=O)C1)Cc1c[nH]c2ccccc12. The molecule has 2 aliphatic rings. The average Bonchev–Trinajstić information content (AvgIpc) is 4.14. The van der Waals surface area contributed by atoms with E-state index in [0.29, 0.717) is 17.7 Å². The number of ketones is 3. The average molecular weight is 962 g/mol. The third-order valence-electron chi connectivity index (χ3n) is 13.5. The molecule has 70 heavy (non-hydrogen) atoms. The first-order valence-electron chi connectivity index (χ1n) is 24.4. The van der Waals surface area contributed by atoms with E-state index in [9.17, 15) is 38.4 Å². The molecule has 19 heteroatoms. The lowest BCUT2D eigenvalue weighted by Crippen LogP contribution is -2.57. The summed E-state index contributed by atoms with van der Waals surface area (Å²) in [6.07, 6.45) is 8.06. The summed E-state index contributed by atoms with van der Waals surface area (Å²) in [7, 11) is 0. The van der Waals surface area contributed by atoms with Crippen LogP contribution in [0.2, 0.25) is 0 Å². The van der Waals surface area contributed by atoms with Crippen LogP contribution in [0.3, 0.4) is 0 Å². The van der Waals surface area contributed by atoms with Crippen LogP contribution in [0.1, 0.15) is 100 Å². The van der Waals surface area contributed by atoms with Crippen LogP contribution in [0, 0.1) is 23.7 Å². The lowest BCUT2D eigenvalue weighted by molar-refractivity contribution is -0.135. The quantitative estimate of drug-likeness (QED) is 0.0421. The number of aliphatic imine (C=N–C) groups is 1. The number of hydrogen-bond donors (Lipinski definition) is 9. The van der Waals surface area contributed by atoms with Crippen LogP contribution in [-0.2, 0) is 57.6 Å². The molecule has 0 radical (unpaired) electrons. The molecule has 0 spiro atoms. The minimum Gasteiger partial charge on any atom is -0.370 e. The number of fused-ring (bicyclic) bond motifs is 1. The number of imidazole rings is 1. The number of hydrogen-bond acceptors (Lipinski definition) is 10. The van der Waals surface area contributed by atoms with Gasteiger partial charge in [0.25, 0.3) is 0 Å². The molecule has 19 nitrogen and oxygen atoms in total. The van der Waals surface area contributed by atoms with Gasteiger partial charge in [0.05, 0.1) is 12.4 Å². The van der Waals surface area contributed by atoms with Crippen LogP contribution in [0.15, 0.2) is 78.3 Å². The van der Waals surface area contributed by atoms with Gasteiger partial charge in [-0.2, -0.15) is 0 Å². The van der Waals surface area contributed by atoms with Crippen LogP contribution in [0.4, 0.5) is 0 Å². The molecule has 4 aromatic rings. The number of Topliss-reactive ketones (excluding diaryl/α,β-unsaturated/α-hetero) is 3. The first-order chi connectivity index (χ1) is 33.7. The van der Waals surface area contributed by atoms with Gasteiger partial charge in [-0.05, 0) is 74.5 Å². The highest BCUT2D eigenvalue weighted by Crippen LogP contribution is 2.29. The molecule has 1 aliphatic carbocycles. The Labute approximate surface area is 407 Å². The molecule has 6 atom stereocenters. The number of carbonyl (C=O) groups is 8. The van der Waals surface area contributed by atoms with Crippen LogP contribution in [0.25, 0.3) is 10.9 Å². The van der Waals surface area contributed by atoms with Crippen molar-refractivity contribution in [3.05, 3.63) is 90.1 Å². The molecule has 374 valence electrons. The lowest BCUT2D eigenvalue weighted by atomic mass is 9.81. The highest BCUT2D eigenvalue weighted by molar-refractivity contribution is 5.98. The second-order valence-electron chi connectivity index (χ2n) is 18.8. The third-order valence-corrected chi connectivity index (χ3v) is 13.5. The number of rotatable bonds is 17. The van der Waals surface area contributed by atoms with Gasteiger partial charge >= 0.3 is 0 Å². The van der Waals surface area contributed by atoms with E-state index in [1.807, 2.05) is 30.3 Å². The van der Waals surface area contributed by atoms with E-state index in [2.05, 4.69) is 41.2 Å². The van der Waals surface area contributed by atoms with Crippen molar-refractivity contribution >= 4 is 63.7 Å². The van der Waals surface area contributed by atoms with E-state index in [-0.39, 0.29) is 102 Å². The smallest absolute Gasteiger partial charge is 0.243 e. The number of H-pyrrole nitrogens is 2. The monoisotopic (exact) mass is 962 g/mol. The third kappa shape index (κ3) is 15.9. The zero-order valence-corrected chi connectivity index (χ0v) is 39.6. The molecule has 1 saturated carbocycles. The highest BCUT2D eigenvalue weighted by atomic mass is 16.2. The molecular weight excluding hydrogens is 895 g/mol. The summed E-state index contributed by atoms with van der Waals surface area (Å²) in [5.41, 5.74) is 20.0. The molecule has 2 fully saturated rings. The predicted molar refractivity (Wildman–Crippen MR) is 262 cm³/mol. The number of primary amides is 1. The number of aromatic amines is 2. The number of nitrogens with zero attached hydrogens (tertiary/aromatic N) is 2. The van der Waals surface area contributed by atoms with Gasteiger partial charge in [0, 0.05) is 98.4 Å². The predicted octanol–water partition coefficient (Wildman–Crippen LogP) is 2.52. The normalized spacial score (nSPS) is 21.9. The van der Waals surface area contributed by atoms with E-state index in [4.69, 9.17) is 17.2 Å². The number of aromatic nitrogens is 3. The molecule has 2 aromatic carbocycles. The largest absolute Gasteiger partial charge is 0.370 e. The Bertz CT molecular complexity index is 2460. The molecule has 3 heterocycles. The zero-order valence-electron chi connectivity index (χ0n) is 39.6. The van der Waals surface area contributed by atoms with E-state index in [1.54, 1.807) is 30.5 Å². The van der Waals surface area contributed by atoms with Gasteiger partial charge < -0.3 is 48.4 Å². The fourth-order valence-electron chi connectivity index (χ4n) is 9.56. The van der Waals surface area contributed by atoms with Crippen LogP contribution in [-0.4, -0.2) is 99.0 Å². The van der Waals surface area contributed by atoms with Crippen molar-refractivity contribution in [2.24, 2.45) is 45.9 Å². The molecule has 12 N–H and O–H groups in total. The van der Waals surface area contributed by atoms with Crippen LogP contribution >= 0.6 is 0 Å². The van der Waals surface area contributed by atoms with Gasteiger partial charge in [-0.15, -0.1) is 0 Å². The molecule has 1 saturated heterocycles. The zero-order chi connectivity index (χ0) is 50.0. The lowest BCUT2D eigenvalue weighted by Gasteiger charge is -2.26. The molecule has 1 aliphatic heterocycles. The maximum atomic E-state index is 14.7. The van der Waals surface area contributed by atoms with E-state index in [0.717, 1.165) is 42.1 Å². The summed E-state index contributed by atoms with van der Waals surface area (Å²) < 4.78 is 0.